The summed E-state index contributed by atoms with van der Waals surface area (Å²) in [5, 5.41) is 3.02. The van der Waals surface area contributed by atoms with E-state index in [4.69, 9.17) is 9.47 Å². The zero-order chi connectivity index (χ0) is 14.4. The summed E-state index contributed by atoms with van der Waals surface area (Å²) in [7, 11) is 3.12. The van der Waals surface area contributed by atoms with Gasteiger partial charge < -0.3 is 14.8 Å². The Bertz CT molecular complexity index is 431. The lowest BCUT2D eigenvalue weighted by Crippen LogP contribution is -2.30. The molecule has 1 aliphatic rings. The van der Waals surface area contributed by atoms with Crippen molar-refractivity contribution >= 4 is 5.91 Å². The number of hydrogen-bond acceptors (Lipinski definition) is 3. The van der Waals surface area contributed by atoms with Gasteiger partial charge in [0.25, 0.3) is 5.91 Å². The molecule has 4 heteroatoms. The first kappa shape index (κ1) is 14.7. The van der Waals surface area contributed by atoms with Crippen LogP contribution in [0.25, 0.3) is 0 Å². The molecule has 1 amide bonds. The molecule has 0 unspecified atom stereocenters. The minimum Gasteiger partial charge on any atom is -0.496 e. The predicted molar refractivity (Wildman–Crippen MR) is 78.5 cm³/mol. The first-order chi connectivity index (χ1) is 9.76. The van der Waals surface area contributed by atoms with E-state index in [1.165, 1.54) is 32.1 Å². The Kier molecular flexibility index (Phi) is 5.27. The Hall–Kier alpha value is -1.71. The van der Waals surface area contributed by atoms with Gasteiger partial charge in [0.2, 0.25) is 0 Å². The molecule has 2 rings (SSSR count). The summed E-state index contributed by atoms with van der Waals surface area (Å²) in [5.74, 6) is 1.58. The topological polar surface area (TPSA) is 47.6 Å². The predicted octanol–water partition coefficient (Wildman–Crippen LogP) is 3.01. The van der Waals surface area contributed by atoms with Crippen LogP contribution in [-0.4, -0.2) is 26.7 Å². The molecule has 0 atom stereocenters. The van der Waals surface area contributed by atoms with Crippen molar-refractivity contribution in [3.05, 3.63) is 23.8 Å². The molecule has 1 aromatic rings. The smallest absolute Gasteiger partial charge is 0.258 e. The van der Waals surface area contributed by atoms with Crippen molar-refractivity contribution < 1.29 is 14.3 Å². The van der Waals surface area contributed by atoms with Crippen molar-refractivity contribution in [3.63, 3.8) is 0 Å². The fourth-order valence-electron chi connectivity index (χ4n) is 2.79. The molecule has 110 valence electrons. The van der Waals surface area contributed by atoms with Gasteiger partial charge in [-0.05, 0) is 30.9 Å². The molecular formula is C16H23NO3. The summed E-state index contributed by atoms with van der Waals surface area (Å²) in [5.41, 5.74) is 0.480. The second-order valence-electron chi connectivity index (χ2n) is 5.25. The van der Waals surface area contributed by atoms with Crippen LogP contribution in [0.4, 0.5) is 0 Å². The molecule has 1 fully saturated rings. The Balaban J connectivity index is 2.04. The van der Waals surface area contributed by atoms with Gasteiger partial charge in [-0.15, -0.1) is 0 Å². The third-order valence-corrected chi connectivity index (χ3v) is 3.93. The zero-order valence-corrected chi connectivity index (χ0v) is 12.3. The van der Waals surface area contributed by atoms with Gasteiger partial charge in [-0.25, -0.2) is 0 Å². The molecule has 1 aromatic carbocycles. The molecule has 1 aliphatic carbocycles. The van der Waals surface area contributed by atoms with Crippen LogP contribution in [0, 0.1) is 5.92 Å². The lowest BCUT2D eigenvalue weighted by molar-refractivity contribution is 0.0937. The monoisotopic (exact) mass is 277 g/mol. The van der Waals surface area contributed by atoms with E-state index in [1.807, 2.05) is 6.07 Å². The van der Waals surface area contributed by atoms with Crippen LogP contribution in [0.3, 0.4) is 0 Å². The number of amides is 1. The van der Waals surface area contributed by atoms with E-state index in [1.54, 1.807) is 26.4 Å². The standard InChI is InChI=1S/C16H23NO3/c1-19-13-9-6-10-14(20-2)15(13)16(18)17-11-12-7-4-3-5-8-12/h6,9-10,12H,3-5,7-8,11H2,1-2H3,(H,17,18). The number of benzene rings is 1. The number of hydrogen-bond donors (Lipinski definition) is 1. The Labute approximate surface area is 120 Å². The minimum atomic E-state index is -0.120. The molecule has 4 nitrogen and oxygen atoms in total. The first-order valence-electron chi connectivity index (χ1n) is 7.25. The van der Waals surface area contributed by atoms with Gasteiger partial charge in [0.15, 0.2) is 0 Å². The van der Waals surface area contributed by atoms with Crippen molar-refractivity contribution in [3.8, 4) is 11.5 Å². The Morgan fingerprint density at radius 1 is 1.15 bits per heavy atom. The number of ether oxygens (including phenoxy) is 2. The SMILES string of the molecule is COc1cccc(OC)c1C(=O)NCC1CCCCC1. The second kappa shape index (κ2) is 7.17. The van der Waals surface area contributed by atoms with Crippen LogP contribution >= 0.6 is 0 Å². The summed E-state index contributed by atoms with van der Waals surface area (Å²) in [6.45, 7) is 0.736. The molecule has 1 N–H and O–H groups in total. The largest absolute Gasteiger partial charge is 0.496 e. The fourth-order valence-corrected chi connectivity index (χ4v) is 2.79. The fraction of sp³-hybridized carbons (Fsp3) is 0.562. The third kappa shape index (κ3) is 3.44. The number of nitrogens with one attached hydrogen (secondary N) is 1. The summed E-state index contributed by atoms with van der Waals surface area (Å²) >= 11 is 0. The maximum Gasteiger partial charge on any atom is 0.258 e. The summed E-state index contributed by atoms with van der Waals surface area (Å²) < 4.78 is 10.5. The maximum atomic E-state index is 12.4. The molecule has 1 saturated carbocycles. The van der Waals surface area contributed by atoms with Crippen LogP contribution in [0.1, 0.15) is 42.5 Å². The molecule has 0 aliphatic heterocycles. The highest BCUT2D eigenvalue weighted by atomic mass is 16.5. The zero-order valence-electron chi connectivity index (χ0n) is 12.3. The first-order valence-corrected chi connectivity index (χ1v) is 7.25. The van der Waals surface area contributed by atoms with Gasteiger partial charge in [0.1, 0.15) is 17.1 Å². The van der Waals surface area contributed by atoms with Crippen molar-refractivity contribution in [1.29, 1.82) is 0 Å². The highest BCUT2D eigenvalue weighted by Gasteiger charge is 2.20. The average molecular weight is 277 g/mol. The minimum absolute atomic E-state index is 0.120. The lowest BCUT2D eigenvalue weighted by atomic mass is 9.89. The molecule has 20 heavy (non-hydrogen) atoms. The van der Waals surface area contributed by atoms with Crippen LogP contribution in [-0.2, 0) is 0 Å². The normalized spacial score (nSPS) is 15.7. The van der Waals surface area contributed by atoms with Crippen molar-refractivity contribution in [2.24, 2.45) is 5.92 Å². The van der Waals surface area contributed by atoms with E-state index in [9.17, 15) is 4.79 Å². The molecule has 0 spiro atoms. The maximum absolute atomic E-state index is 12.4. The van der Waals surface area contributed by atoms with Gasteiger partial charge >= 0.3 is 0 Å². The number of methoxy groups -OCH3 is 2. The van der Waals surface area contributed by atoms with Gasteiger partial charge in [-0.1, -0.05) is 25.3 Å². The molecule has 0 radical (unpaired) electrons. The Morgan fingerprint density at radius 2 is 1.75 bits per heavy atom. The van der Waals surface area contributed by atoms with E-state index in [-0.39, 0.29) is 5.91 Å². The van der Waals surface area contributed by atoms with E-state index in [0.29, 0.717) is 23.0 Å². The van der Waals surface area contributed by atoms with E-state index >= 15 is 0 Å². The number of carbonyl (C=O) groups excluding carboxylic acids is 1. The second-order valence-corrected chi connectivity index (χ2v) is 5.25. The van der Waals surface area contributed by atoms with Gasteiger partial charge in [0.05, 0.1) is 14.2 Å². The molecule has 0 bridgehead atoms. The third-order valence-electron chi connectivity index (χ3n) is 3.93. The van der Waals surface area contributed by atoms with E-state index < -0.39 is 0 Å². The highest BCUT2D eigenvalue weighted by Crippen LogP contribution is 2.28. The average Bonchev–Trinajstić information content (AvgIpc) is 2.52. The summed E-state index contributed by atoms with van der Waals surface area (Å²) in [6.07, 6.45) is 6.30. The van der Waals surface area contributed by atoms with Crippen LogP contribution in [0.2, 0.25) is 0 Å². The van der Waals surface area contributed by atoms with Crippen LogP contribution in [0.15, 0.2) is 18.2 Å². The molecule has 0 saturated heterocycles. The van der Waals surface area contributed by atoms with Crippen LogP contribution in [0.5, 0.6) is 11.5 Å². The quantitative estimate of drug-likeness (QED) is 0.900. The van der Waals surface area contributed by atoms with Crippen molar-refractivity contribution in [2.75, 3.05) is 20.8 Å². The van der Waals surface area contributed by atoms with Gasteiger partial charge in [0, 0.05) is 6.54 Å². The van der Waals surface area contributed by atoms with Crippen LogP contribution < -0.4 is 14.8 Å². The number of carbonyl (C=O) groups is 1. The van der Waals surface area contributed by atoms with Crippen molar-refractivity contribution in [2.45, 2.75) is 32.1 Å². The molecule has 0 aromatic heterocycles. The van der Waals surface area contributed by atoms with Gasteiger partial charge in [-0.2, -0.15) is 0 Å². The van der Waals surface area contributed by atoms with E-state index in [0.717, 1.165) is 6.54 Å². The summed E-state index contributed by atoms with van der Waals surface area (Å²) in [4.78, 5) is 12.4. The molecule has 0 heterocycles. The van der Waals surface area contributed by atoms with Gasteiger partial charge in [-0.3, -0.25) is 4.79 Å². The van der Waals surface area contributed by atoms with E-state index in [2.05, 4.69) is 5.32 Å². The molecular weight excluding hydrogens is 254 g/mol. The van der Waals surface area contributed by atoms with Crippen molar-refractivity contribution in [1.82, 2.24) is 5.32 Å². The lowest BCUT2D eigenvalue weighted by Gasteiger charge is -2.22. The Morgan fingerprint density at radius 3 is 2.30 bits per heavy atom. The number of rotatable bonds is 5. The highest BCUT2D eigenvalue weighted by molar-refractivity contribution is 5.99. The summed E-state index contributed by atoms with van der Waals surface area (Å²) in [6, 6.07) is 5.37.